The normalized spacial score (nSPS) is 15.3. The van der Waals surface area contributed by atoms with Gasteiger partial charge in [0.15, 0.2) is 0 Å². The van der Waals surface area contributed by atoms with Crippen LogP contribution in [0.2, 0.25) is 0 Å². The van der Waals surface area contributed by atoms with Crippen molar-refractivity contribution in [3.63, 3.8) is 0 Å². The smallest absolute Gasteiger partial charge is 0.253 e. The van der Waals surface area contributed by atoms with Crippen molar-refractivity contribution in [3.8, 4) is 0 Å². The molecule has 128 valence electrons. The van der Waals surface area contributed by atoms with E-state index in [1.54, 1.807) is 17.0 Å². The van der Waals surface area contributed by atoms with Gasteiger partial charge in [-0.05, 0) is 58.1 Å². The lowest BCUT2D eigenvalue weighted by Crippen LogP contribution is -2.29. The van der Waals surface area contributed by atoms with E-state index < -0.39 is 10.0 Å². The van der Waals surface area contributed by atoms with Crippen molar-refractivity contribution >= 4 is 15.9 Å². The van der Waals surface area contributed by atoms with Crippen LogP contribution in [0.3, 0.4) is 0 Å². The van der Waals surface area contributed by atoms with Gasteiger partial charge < -0.3 is 9.80 Å². The topological polar surface area (TPSA) is 69.7 Å². The predicted octanol–water partition coefficient (Wildman–Crippen LogP) is 1.15. The van der Waals surface area contributed by atoms with Crippen LogP contribution >= 0.6 is 0 Å². The summed E-state index contributed by atoms with van der Waals surface area (Å²) in [6, 6.07) is 6.29. The fourth-order valence-corrected chi connectivity index (χ4v) is 3.70. The molecular formula is C16H25N3O3S. The SMILES string of the molecule is CN(C)CCCNS(=O)(=O)c1cccc(C(=O)N2CCCC2)c1. The maximum atomic E-state index is 12.4. The highest BCUT2D eigenvalue weighted by Gasteiger charge is 2.21. The van der Waals surface area contributed by atoms with Gasteiger partial charge in [0.1, 0.15) is 0 Å². The highest BCUT2D eigenvalue weighted by Crippen LogP contribution is 2.16. The summed E-state index contributed by atoms with van der Waals surface area (Å²) in [4.78, 5) is 16.3. The van der Waals surface area contributed by atoms with E-state index in [0.717, 1.165) is 38.9 Å². The molecule has 0 aliphatic carbocycles. The zero-order valence-electron chi connectivity index (χ0n) is 13.8. The first-order valence-corrected chi connectivity index (χ1v) is 9.42. The Morgan fingerprint density at radius 2 is 1.96 bits per heavy atom. The summed E-state index contributed by atoms with van der Waals surface area (Å²) in [7, 11) is 0.316. The monoisotopic (exact) mass is 339 g/mol. The summed E-state index contributed by atoms with van der Waals surface area (Å²) in [6.07, 6.45) is 2.76. The first kappa shape index (κ1) is 17.9. The molecule has 6 nitrogen and oxygen atoms in total. The highest BCUT2D eigenvalue weighted by molar-refractivity contribution is 7.89. The molecule has 0 saturated carbocycles. The van der Waals surface area contributed by atoms with Gasteiger partial charge in [0.05, 0.1) is 4.90 Å². The molecule has 1 saturated heterocycles. The van der Waals surface area contributed by atoms with Crippen molar-refractivity contribution in [3.05, 3.63) is 29.8 Å². The quantitative estimate of drug-likeness (QED) is 0.757. The first-order chi connectivity index (χ1) is 10.9. The van der Waals surface area contributed by atoms with Gasteiger partial charge in [-0.1, -0.05) is 6.07 Å². The summed E-state index contributed by atoms with van der Waals surface area (Å²) < 4.78 is 27.2. The third kappa shape index (κ3) is 5.02. The van der Waals surface area contributed by atoms with E-state index in [4.69, 9.17) is 0 Å². The van der Waals surface area contributed by atoms with Crippen molar-refractivity contribution in [2.75, 3.05) is 40.3 Å². The van der Waals surface area contributed by atoms with E-state index in [1.165, 1.54) is 12.1 Å². The molecule has 0 unspecified atom stereocenters. The molecule has 0 spiro atoms. The number of hydrogen-bond donors (Lipinski definition) is 1. The highest BCUT2D eigenvalue weighted by atomic mass is 32.2. The molecule has 23 heavy (non-hydrogen) atoms. The second-order valence-electron chi connectivity index (χ2n) is 6.08. The zero-order chi connectivity index (χ0) is 16.9. The summed E-state index contributed by atoms with van der Waals surface area (Å²) in [5.74, 6) is -0.0906. The van der Waals surface area contributed by atoms with E-state index in [2.05, 4.69) is 4.72 Å². The Kier molecular flexibility index (Phi) is 6.15. The Bertz CT molecular complexity index is 638. The number of benzene rings is 1. The van der Waals surface area contributed by atoms with Crippen LogP contribution in [0.1, 0.15) is 29.6 Å². The van der Waals surface area contributed by atoms with Gasteiger partial charge in [0.25, 0.3) is 5.91 Å². The fraction of sp³-hybridized carbons (Fsp3) is 0.562. The number of likely N-dealkylation sites (tertiary alicyclic amines) is 1. The van der Waals surface area contributed by atoms with Crippen LogP contribution < -0.4 is 4.72 Å². The lowest BCUT2D eigenvalue weighted by Gasteiger charge is -2.16. The van der Waals surface area contributed by atoms with Crippen LogP contribution in [-0.2, 0) is 10.0 Å². The number of sulfonamides is 1. The second kappa shape index (κ2) is 7.90. The third-order valence-corrected chi connectivity index (χ3v) is 5.32. The molecule has 1 aromatic rings. The number of rotatable bonds is 7. The standard InChI is InChI=1S/C16H25N3O3S/c1-18(2)10-6-9-17-23(21,22)15-8-5-7-14(13-15)16(20)19-11-3-4-12-19/h5,7-8,13,17H,3-4,6,9-12H2,1-2H3. The number of carbonyl (C=O) groups is 1. The molecule has 1 fully saturated rings. The minimum absolute atomic E-state index is 0.0906. The molecule has 1 amide bonds. The molecule has 1 N–H and O–H groups in total. The van der Waals surface area contributed by atoms with Gasteiger partial charge in [0, 0.05) is 25.2 Å². The Morgan fingerprint density at radius 1 is 1.26 bits per heavy atom. The summed E-state index contributed by atoms with van der Waals surface area (Å²) in [5.41, 5.74) is 0.433. The van der Waals surface area contributed by atoms with Gasteiger partial charge in [-0.2, -0.15) is 0 Å². The van der Waals surface area contributed by atoms with Crippen LogP contribution in [0.4, 0.5) is 0 Å². The van der Waals surface area contributed by atoms with E-state index in [-0.39, 0.29) is 10.8 Å². The molecule has 2 rings (SSSR count). The summed E-state index contributed by atoms with van der Waals surface area (Å²) >= 11 is 0. The summed E-state index contributed by atoms with van der Waals surface area (Å²) in [5, 5.41) is 0. The molecule has 7 heteroatoms. The van der Waals surface area contributed by atoms with Crippen molar-refractivity contribution in [2.24, 2.45) is 0 Å². The number of hydrogen-bond acceptors (Lipinski definition) is 4. The second-order valence-corrected chi connectivity index (χ2v) is 7.85. The number of nitrogens with zero attached hydrogens (tertiary/aromatic N) is 2. The van der Waals surface area contributed by atoms with Crippen LogP contribution in [0.15, 0.2) is 29.2 Å². The first-order valence-electron chi connectivity index (χ1n) is 7.94. The van der Waals surface area contributed by atoms with Crippen molar-refractivity contribution in [1.29, 1.82) is 0 Å². The van der Waals surface area contributed by atoms with E-state index in [0.29, 0.717) is 12.1 Å². The van der Waals surface area contributed by atoms with Gasteiger partial charge in [0.2, 0.25) is 10.0 Å². The average molecular weight is 339 g/mol. The van der Waals surface area contributed by atoms with Gasteiger partial charge >= 0.3 is 0 Å². The van der Waals surface area contributed by atoms with Crippen LogP contribution in [0.5, 0.6) is 0 Å². The predicted molar refractivity (Wildman–Crippen MR) is 89.9 cm³/mol. The minimum Gasteiger partial charge on any atom is -0.339 e. The molecule has 0 atom stereocenters. The maximum absolute atomic E-state index is 12.4. The van der Waals surface area contributed by atoms with E-state index >= 15 is 0 Å². The molecule has 0 bridgehead atoms. The zero-order valence-corrected chi connectivity index (χ0v) is 14.6. The molecule has 0 radical (unpaired) electrons. The van der Waals surface area contributed by atoms with Crippen molar-refractivity contribution in [2.45, 2.75) is 24.2 Å². The Morgan fingerprint density at radius 3 is 2.61 bits per heavy atom. The molecular weight excluding hydrogens is 314 g/mol. The third-order valence-electron chi connectivity index (χ3n) is 3.86. The van der Waals surface area contributed by atoms with Crippen LogP contribution in [0.25, 0.3) is 0 Å². The molecule has 1 aliphatic heterocycles. The average Bonchev–Trinajstić information content (AvgIpc) is 3.05. The largest absolute Gasteiger partial charge is 0.339 e. The summed E-state index contributed by atoms with van der Waals surface area (Å²) in [6.45, 7) is 2.69. The molecule has 1 aromatic carbocycles. The Labute approximate surface area is 138 Å². The number of amides is 1. The van der Waals surface area contributed by atoms with Crippen LogP contribution in [0, 0.1) is 0 Å². The lowest BCUT2D eigenvalue weighted by atomic mass is 10.2. The molecule has 0 aromatic heterocycles. The number of carbonyl (C=O) groups excluding carboxylic acids is 1. The van der Waals surface area contributed by atoms with Crippen molar-refractivity contribution < 1.29 is 13.2 Å². The van der Waals surface area contributed by atoms with E-state index in [1.807, 2.05) is 19.0 Å². The van der Waals surface area contributed by atoms with Crippen LogP contribution in [-0.4, -0.2) is 64.4 Å². The van der Waals surface area contributed by atoms with E-state index in [9.17, 15) is 13.2 Å². The van der Waals surface area contributed by atoms with Gasteiger partial charge in [-0.15, -0.1) is 0 Å². The Hall–Kier alpha value is -1.44. The minimum atomic E-state index is -3.58. The fourth-order valence-electron chi connectivity index (χ4n) is 2.58. The number of nitrogens with one attached hydrogen (secondary N) is 1. The lowest BCUT2D eigenvalue weighted by molar-refractivity contribution is 0.0792. The van der Waals surface area contributed by atoms with Gasteiger partial charge in [-0.25, -0.2) is 13.1 Å². The molecule has 1 heterocycles. The maximum Gasteiger partial charge on any atom is 0.253 e. The van der Waals surface area contributed by atoms with Gasteiger partial charge in [-0.3, -0.25) is 4.79 Å². The molecule has 1 aliphatic rings. The van der Waals surface area contributed by atoms with Crippen molar-refractivity contribution in [1.82, 2.24) is 14.5 Å². The Balaban J connectivity index is 2.04.